The predicted octanol–water partition coefficient (Wildman–Crippen LogP) is 4.50. The fourth-order valence-corrected chi connectivity index (χ4v) is 3.72. The fourth-order valence-electron chi connectivity index (χ4n) is 2.73. The highest BCUT2D eigenvalue weighted by Crippen LogP contribution is 2.30. The van der Waals surface area contributed by atoms with Gasteiger partial charge in [0.05, 0.1) is 5.25 Å². The first-order chi connectivity index (χ1) is 14.6. The first kappa shape index (κ1) is 20.1. The van der Waals surface area contributed by atoms with Crippen molar-refractivity contribution in [2.75, 3.05) is 5.32 Å². The van der Waals surface area contributed by atoms with E-state index in [1.54, 1.807) is 25.4 Å². The zero-order valence-corrected chi connectivity index (χ0v) is 17.5. The molecule has 0 saturated carbocycles. The Hall–Kier alpha value is -3.23. The Bertz CT molecular complexity index is 1140. The van der Waals surface area contributed by atoms with Crippen LogP contribution in [0.3, 0.4) is 0 Å². The van der Waals surface area contributed by atoms with Crippen molar-refractivity contribution in [3.63, 3.8) is 0 Å². The van der Waals surface area contributed by atoms with Gasteiger partial charge in [0.25, 0.3) is 0 Å². The Morgan fingerprint density at radius 2 is 1.70 bits per heavy atom. The second kappa shape index (κ2) is 9.06. The quantitative estimate of drug-likeness (QED) is 0.448. The molecule has 4 aromatic rings. The van der Waals surface area contributed by atoms with Crippen molar-refractivity contribution in [1.29, 1.82) is 0 Å². The summed E-state index contributed by atoms with van der Waals surface area (Å²) in [6, 6.07) is 18.9. The molecule has 0 saturated heterocycles. The highest BCUT2D eigenvalue weighted by molar-refractivity contribution is 8.00. The van der Waals surface area contributed by atoms with Crippen LogP contribution in [0.1, 0.15) is 6.92 Å². The first-order valence-electron chi connectivity index (χ1n) is 9.13. The molecule has 2 heterocycles. The Morgan fingerprint density at radius 3 is 2.40 bits per heavy atom. The van der Waals surface area contributed by atoms with Gasteiger partial charge in [-0.15, -0.1) is 10.2 Å². The molecule has 0 aliphatic heterocycles. The Balaban J connectivity index is 1.64. The molecule has 1 atom stereocenters. The van der Waals surface area contributed by atoms with Gasteiger partial charge in [0.15, 0.2) is 11.0 Å². The number of nitrogens with zero attached hydrogens (tertiary/aromatic N) is 5. The van der Waals surface area contributed by atoms with E-state index in [0.717, 1.165) is 11.3 Å². The number of hydrogen-bond acceptors (Lipinski definition) is 6. The SMILES string of the molecule is CC(Sc1nnc(-c2ccc(Cl)cc2)n1-c1ccccc1)C(=O)Nc1ncccn1. The van der Waals surface area contributed by atoms with Crippen molar-refractivity contribution in [3.8, 4) is 17.1 Å². The van der Waals surface area contributed by atoms with Crippen LogP contribution < -0.4 is 5.32 Å². The van der Waals surface area contributed by atoms with Gasteiger partial charge in [-0.05, 0) is 49.4 Å². The molecule has 30 heavy (non-hydrogen) atoms. The maximum Gasteiger partial charge on any atom is 0.240 e. The molecule has 4 rings (SSSR count). The van der Waals surface area contributed by atoms with Gasteiger partial charge in [-0.1, -0.05) is 41.6 Å². The number of thioether (sulfide) groups is 1. The third kappa shape index (κ3) is 4.50. The van der Waals surface area contributed by atoms with Crippen molar-refractivity contribution < 1.29 is 4.79 Å². The fraction of sp³-hybridized carbons (Fsp3) is 0.0952. The van der Waals surface area contributed by atoms with Crippen molar-refractivity contribution in [2.45, 2.75) is 17.3 Å². The van der Waals surface area contributed by atoms with Crippen LogP contribution in [-0.2, 0) is 4.79 Å². The number of nitrogens with one attached hydrogen (secondary N) is 1. The summed E-state index contributed by atoms with van der Waals surface area (Å²) >= 11 is 7.34. The van der Waals surface area contributed by atoms with E-state index in [1.807, 2.05) is 59.2 Å². The number of hydrogen-bond donors (Lipinski definition) is 1. The summed E-state index contributed by atoms with van der Waals surface area (Å²) in [6.45, 7) is 1.80. The maximum atomic E-state index is 12.6. The minimum atomic E-state index is -0.446. The van der Waals surface area contributed by atoms with Crippen LogP contribution in [0.5, 0.6) is 0 Å². The molecule has 150 valence electrons. The van der Waals surface area contributed by atoms with Crippen LogP contribution in [0.4, 0.5) is 5.95 Å². The lowest BCUT2D eigenvalue weighted by Gasteiger charge is -2.13. The molecule has 0 fully saturated rings. The Morgan fingerprint density at radius 1 is 1.00 bits per heavy atom. The molecule has 0 radical (unpaired) electrons. The summed E-state index contributed by atoms with van der Waals surface area (Å²) in [5.74, 6) is 0.711. The number of aromatic nitrogens is 5. The van der Waals surface area contributed by atoms with E-state index in [9.17, 15) is 4.79 Å². The summed E-state index contributed by atoms with van der Waals surface area (Å²) in [6.07, 6.45) is 3.15. The number of para-hydroxylation sites is 1. The number of amides is 1. The molecule has 0 spiro atoms. The number of carbonyl (C=O) groups is 1. The van der Waals surface area contributed by atoms with Crippen LogP contribution in [0.2, 0.25) is 5.02 Å². The van der Waals surface area contributed by atoms with E-state index in [4.69, 9.17) is 11.6 Å². The van der Waals surface area contributed by atoms with E-state index < -0.39 is 5.25 Å². The summed E-state index contributed by atoms with van der Waals surface area (Å²) in [7, 11) is 0. The van der Waals surface area contributed by atoms with Gasteiger partial charge in [-0.25, -0.2) is 9.97 Å². The van der Waals surface area contributed by atoms with Crippen LogP contribution in [0, 0.1) is 0 Å². The largest absolute Gasteiger partial charge is 0.294 e. The Kier molecular flexibility index (Phi) is 6.06. The van der Waals surface area contributed by atoms with Gasteiger partial charge in [0.1, 0.15) is 0 Å². The monoisotopic (exact) mass is 436 g/mol. The van der Waals surface area contributed by atoms with Crippen LogP contribution >= 0.6 is 23.4 Å². The third-order valence-corrected chi connectivity index (χ3v) is 5.50. The van der Waals surface area contributed by atoms with E-state index in [2.05, 4.69) is 25.5 Å². The van der Waals surface area contributed by atoms with Gasteiger partial charge >= 0.3 is 0 Å². The predicted molar refractivity (Wildman–Crippen MR) is 118 cm³/mol. The topological polar surface area (TPSA) is 85.6 Å². The van der Waals surface area contributed by atoms with Crippen LogP contribution in [0.15, 0.2) is 78.2 Å². The molecule has 1 unspecified atom stereocenters. The van der Waals surface area contributed by atoms with Crippen molar-refractivity contribution in [1.82, 2.24) is 24.7 Å². The standard InChI is InChI=1S/C21H17ClN6OS/c1-14(19(29)25-20-23-12-5-13-24-20)30-21-27-26-18(15-8-10-16(22)11-9-15)28(21)17-6-3-2-4-7-17/h2-14H,1H3,(H,23,24,25,29). The first-order valence-corrected chi connectivity index (χ1v) is 10.4. The third-order valence-electron chi connectivity index (χ3n) is 4.20. The number of benzene rings is 2. The van der Waals surface area contributed by atoms with Crippen molar-refractivity contribution in [2.24, 2.45) is 0 Å². The molecule has 0 aliphatic rings. The number of halogens is 1. The minimum absolute atomic E-state index is 0.221. The summed E-state index contributed by atoms with van der Waals surface area (Å²) < 4.78 is 1.93. The number of carbonyl (C=O) groups excluding carboxylic acids is 1. The lowest BCUT2D eigenvalue weighted by molar-refractivity contribution is -0.115. The van der Waals surface area contributed by atoms with Crippen LogP contribution in [0.25, 0.3) is 17.1 Å². The number of rotatable bonds is 6. The average molecular weight is 437 g/mol. The smallest absolute Gasteiger partial charge is 0.240 e. The minimum Gasteiger partial charge on any atom is -0.294 e. The molecular formula is C21H17ClN6OS. The normalized spacial score (nSPS) is 11.8. The highest BCUT2D eigenvalue weighted by atomic mass is 35.5. The lowest BCUT2D eigenvalue weighted by Crippen LogP contribution is -2.24. The summed E-state index contributed by atoms with van der Waals surface area (Å²) in [5, 5.41) is 12.2. The average Bonchev–Trinajstić information content (AvgIpc) is 3.19. The molecule has 2 aromatic carbocycles. The van der Waals surface area contributed by atoms with E-state index in [1.165, 1.54) is 11.8 Å². The van der Waals surface area contributed by atoms with E-state index >= 15 is 0 Å². The molecule has 2 aromatic heterocycles. The molecule has 1 amide bonds. The van der Waals surface area contributed by atoms with Gasteiger partial charge < -0.3 is 0 Å². The van der Waals surface area contributed by atoms with Gasteiger partial charge in [0, 0.05) is 28.7 Å². The maximum absolute atomic E-state index is 12.6. The van der Waals surface area contributed by atoms with Gasteiger partial charge in [0.2, 0.25) is 11.9 Å². The van der Waals surface area contributed by atoms with Crippen molar-refractivity contribution >= 4 is 35.2 Å². The highest BCUT2D eigenvalue weighted by Gasteiger charge is 2.22. The Labute approximate surface area is 182 Å². The molecule has 0 aliphatic carbocycles. The van der Waals surface area contributed by atoms with Gasteiger partial charge in [-0.2, -0.15) is 0 Å². The zero-order chi connectivity index (χ0) is 20.9. The van der Waals surface area contributed by atoms with Crippen molar-refractivity contribution in [3.05, 3.63) is 78.1 Å². The lowest BCUT2D eigenvalue weighted by atomic mass is 10.2. The zero-order valence-electron chi connectivity index (χ0n) is 15.9. The molecule has 7 nitrogen and oxygen atoms in total. The summed E-state index contributed by atoms with van der Waals surface area (Å²) in [5.41, 5.74) is 1.77. The molecular weight excluding hydrogens is 420 g/mol. The summed E-state index contributed by atoms with van der Waals surface area (Å²) in [4.78, 5) is 20.7. The second-order valence-corrected chi connectivity index (χ2v) is 8.05. The van der Waals surface area contributed by atoms with Crippen LogP contribution in [-0.4, -0.2) is 35.9 Å². The molecule has 0 bridgehead atoms. The molecule has 9 heteroatoms. The second-order valence-electron chi connectivity index (χ2n) is 6.31. The van der Waals surface area contributed by atoms with E-state index in [0.29, 0.717) is 16.0 Å². The van der Waals surface area contributed by atoms with Gasteiger partial charge in [-0.3, -0.25) is 14.7 Å². The van der Waals surface area contributed by atoms with E-state index in [-0.39, 0.29) is 11.9 Å². The molecule has 1 N–H and O–H groups in total. The number of anilines is 1.